The van der Waals surface area contributed by atoms with Gasteiger partial charge in [0.1, 0.15) is 5.82 Å². The number of nitrogens with zero attached hydrogens (tertiary/aromatic N) is 3. The van der Waals surface area contributed by atoms with Crippen LogP contribution in [0.15, 0.2) is 4.79 Å². The molecule has 0 aromatic carbocycles. The van der Waals surface area contributed by atoms with E-state index < -0.39 is 0 Å². The van der Waals surface area contributed by atoms with E-state index in [1.165, 1.54) is 6.42 Å². The molecule has 3 heterocycles. The SMILES string of the molecule is O=C(C1CCCCC1)N1CCc2nc([C@H]3CCCCN3C(=O)C3CC3)[nH]c(=O)c2C1. The Balaban J connectivity index is 1.35. The average Bonchev–Trinajstić information content (AvgIpc) is 3.64. The second-order valence-electron chi connectivity index (χ2n) is 9.54. The van der Waals surface area contributed by atoms with Crippen LogP contribution in [0.3, 0.4) is 0 Å². The van der Waals surface area contributed by atoms with Crippen LogP contribution in [-0.2, 0) is 22.6 Å². The first-order chi connectivity index (χ1) is 14.6. The van der Waals surface area contributed by atoms with Crippen molar-refractivity contribution in [2.75, 3.05) is 13.1 Å². The lowest BCUT2D eigenvalue weighted by molar-refractivity contribution is -0.138. The lowest BCUT2D eigenvalue weighted by Crippen LogP contribution is -2.44. The van der Waals surface area contributed by atoms with Crippen LogP contribution in [0.1, 0.15) is 87.3 Å². The van der Waals surface area contributed by atoms with E-state index in [1.807, 2.05) is 9.80 Å². The summed E-state index contributed by atoms with van der Waals surface area (Å²) >= 11 is 0. The van der Waals surface area contributed by atoms with Crippen molar-refractivity contribution in [2.45, 2.75) is 83.2 Å². The van der Waals surface area contributed by atoms with Crippen LogP contribution < -0.4 is 5.56 Å². The highest BCUT2D eigenvalue weighted by molar-refractivity contribution is 5.81. The van der Waals surface area contributed by atoms with Crippen molar-refractivity contribution in [3.8, 4) is 0 Å². The van der Waals surface area contributed by atoms with Crippen LogP contribution in [0.2, 0.25) is 0 Å². The number of aromatic nitrogens is 2. The maximum atomic E-state index is 13.0. The first kappa shape index (κ1) is 19.8. The summed E-state index contributed by atoms with van der Waals surface area (Å²) in [5.74, 6) is 1.37. The summed E-state index contributed by atoms with van der Waals surface area (Å²) in [6.07, 6.45) is 10.9. The Bertz CT molecular complexity index is 885. The number of nitrogens with one attached hydrogen (secondary N) is 1. The molecule has 7 heteroatoms. The number of hydrogen-bond donors (Lipinski definition) is 1. The Morgan fingerprint density at radius 2 is 1.60 bits per heavy atom. The van der Waals surface area contributed by atoms with Crippen LogP contribution in [-0.4, -0.2) is 44.7 Å². The van der Waals surface area contributed by atoms with E-state index in [1.54, 1.807) is 0 Å². The Labute approximate surface area is 177 Å². The van der Waals surface area contributed by atoms with E-state index >= 15 is 0 Å². The zero-order chi connectivity index (χ0) is 20.7. The zero-order valence-corrected chi connectivity index (χ0v) is 17.7. The van der Waals surface area contributed by atoms with Gasteiger partial charge < -0.3 is 14.8 Å². The molecule has 4 aliphatic rings. The van der Waals surface area contributed by atoms with Gasteiger partial charge in [0.25, 0.3) is 5.56 Å². The summed E-state index contributed by atoms with van der Waals surface area (Å²) in [6.45, 7) is 1.75. The van der Waals surface area contributed by atoms with Gasteiger partial charge >= 0.3 is 0 Å². The van der Waals surface area contributed by atoms with Crippen molar-refractivity contribution >= 4 is 11.8 Å². The summed E-state index contributed by atoms with van der Waals surface area (Å²) in [6, 6.07) is -0.119. The molecule has 2 aliphatic carbocycles. The van der Waals surface area contributed by atoms with Crippen molar-refractivity contribution < 1.29 is 9.59 Å². The summed E-state index contributed by atoms with van der Waals surface area (Å²) < 4.78 is 0. The normalized spacial score (nSPS) is 25.1. The fraction of sp³-hybridized carbons (Fsp3) is 0.739. The smallest absolute Gasteiger partial charge is 0.256 e. The number of fused-ring (bicyclic) bond motifs is 1. The molecule has 162 valence electrons. The first-order valence-electron chi connectivity index (χ1n) is 11.8. The molecule has 2 saturated carbocycles. The summed E-state index contributed by atoms with van der Waals surface area (Å²) in [5, 5.41) is 0. The minimum atomic E-state index is -0.138. The van der Waals surface area contributed by atoms with Gasteiger partial charge in [-0.05, 0) is 44.9 Å². The number of H-pyrrole nitrogens is 1. The maximum absolute atomic E-state index is 13.0. The van der Waals surface area contributed by atoms with Crippen LogP contribution in [0.4, 0.5) is 0 Å². The summed E-state index contributed by atoms with van der Waals surface area (Å²) in [5.41, 5.74) is 1.30. The van der Waals surface area contributed by atoms with Crippen LogP contribution in [0.25, 0.3) is 0 Å². The van der Waals surface area contributed by atoms with E-state index in [0.717, 1.165) is 70.0 Å². The molecule has 1 saturated heterocycles. The molecule has 30 heavy (non-hydrogen) atoms. The number of rotatable bonds is 3. The van der Waals surface area contributed by atoms with Gasteiger partial charge in [0.15, 0.2) is 0 Å². The number of piperidine rings is 1. The molecule has 3 fully saturated rings. The highest BCUT2D eigenvalue weighted by atomic mass is 16.2. The minimum Gasteiger partial charge on any atom is -0.337 e. The van der Waals surface area contributed by atoms with Gasteiger partial charge in [-0.3, -0.25) is 14.4 Å². The topological polar surface area (TPSA) is 86.4 Å². The molecular weight excluding hydrogens is 380 g/mol. The quantitative estimate of drug-likeness (QED) is 0.827. The summed E-state index contributed by atoms with van der Waals surface area (Å²) in [4.78, 5) is 50.3. The summed E-state index contributed by atoms with van der Waals surface area (Å²) in [7, 11) is 0. The third-order valence-corrected chi connectivity index (χ3v) is 7.38. The molecule has 1 aromatic rings. The number of carbonyl (C=O) groups is 2. The van der Waals surface area contributed by atoms with Gasteiger partial charge in [-0.1, -0.05) is 19.3 Å². The maximum Gasteiger partial charge on any atom is 0.256 e. The lowest BCUT2D eigenvalue weighted by atomic mass is 9.88. The van der Waals surface area contributed by atoms with Gasteiger partial charge in [0, 0.05) is 31.3 Å². The molecule has 1 aromatic heterocycles. The molecule has 5 rings (SSSR count). The third-order valence-electron chi connectivity index (χ3n) is 7.38. The van der Waals surface area contributed by atoms with E-state index in [-0.39, 0.29) is 35.3 Å². The van der Waals surface area contributed by atoms with Gasteiger partial charge in [0.2, 0.25) is 11.8 Å². The van der Waals surface area contributed by atoms with Crippen molar-refractivity contribution in [1.29, 1.82) is 0 Å². The monoisotopic (exact) mass is 412 g/mol. The highest BCUT2D eigenvalue weighted by Gasteiger charge is 2.39. The van der Waals surface area contributed by atoms with Crippen molar-refractivity contribution in [3.63, 3.8) is 0 Å². The first-order valence-corrected chi connectivity index (χ1v) is 11.8. The van der Waals surface area contributed by atoms with Crippen LogP contribution >= 0.6 is 0 Å². The lowest BCUT2D eigenvalue weighted by Gasteiger charge is -2.36. The van der Waals surface area contributed by atoms with Gasteiger partial charge in [-0.15, -0.1) is 0 Å². The Kier molecular flexibility index (Phi) is 5.37. The number of hydrogen-bond acceptors (Lipinski definition) is 4. The van der Waals surface area contributed by atoms with E-state index in [0.29, 0.717) is 30.9 Å². The Morgan fingerprint density at radius 3 is 2.37 bits per heavy atom. The van der Waals surface area contributed by atoms with Crippen molar-refractivity contribution in [2.24, 2.45) is 11.8 Å². The van der Waals surface area contributed by atoms with E-state index in [2.05, 4.69) is 4.98 Å². The molecule has 0 radical (unpaired) electrons. The Hall–Kier alpha value is -2.18. The fourth-order valence-corrected chi connectivity index (χ4v) is 5.44. The predicted octanol–water partition coefficient (Wildman–Crippen LogP) is 2.70. The van der Waals surface area contributed by atoms with E-state index in [9.17, 15) is 14.4 Å². The van der Waals surface area contributed by atoms with Crippen molar-refractivity contribution in [3.05, 3.63) is 27.4 Å². The molecule has 0 spiro atoms. The number of aromatic amines is 1. The average molecular weight is 413 g/mol. The van der Waals surface area contributed by atoms with Gasteiger partial charge in [0.05, 0.1) is 23.8 Å². The van der Waals surface area contributed by atoms with Gasteiger partial charge in [-0.25, -0.2) is 4.98 Å². The molecule has 7 nitrogen and oxygen atoms in total. The zero-order valence-electron chi connectivity index (χ0n) is 17.7. The molecule has 2 amide bonds. The van der Waals surface area contributed by atoms with Crippen LogP contribution in [0, 0.1) is 11.8 Å². The molecular formula is C23H32N4O3. The van der Waals surface area contributed by atoms with Crippen molar-refractivity contribution in [1.82, 2.24) is 19.8 Å². The largest absolute Gasteiger partial charge is 0.337 e. The third kappa shape index (κ3) is 3.79. The molecule has 2 aliphatic heterocycles. The Morgan fingerprint density at radius 1 is 0.867 bits per heavy atom. The van der Waals surface area contributed by atoms with Gasteiger partial charge in [-0.2, -0.15) is 0 Å². The van der Waals surface area contributed by atoms with Crippen LogP contribution in [0.5, 0.6) is 0 Å². The van der Waals surface area contributed by atoms with E-state index in [4.69, 9.17) is 4.98 Å². The minimum absolute atomic E-state index is 0.119. The number of likely N-dealkylation sites (tertiary alicyclic amines) is 1. The number of amides is 2. The molecule has 0 bridgehead atoms. The number of carbonyl (C=O) groups excluding carboxylic acids is 2. The molecule has 1 N–H and O–H groups in total. The fourth-order valence-electron chi connectivity index (χ4n) is 5.44. The standard InChI is InChI=1S/C23H32N4O3/c28-21-17-14-26(22(29)15-6-2-1-3-7-15)13-11-18(17)24-20(25-21)19-8-4-5-12-27(19)23(30)16-9-10-16/h15-16,19H,1-14H2,(H,24,25,28)/t19-/m1/s1. The predicted molar refractivity (Wildman–Crippen MR) is 112 cm³/mol. The second-order valence-corrected chi connectivity index (χ2v) is 9.54. The molecule has 1 atom stereocenters. The second kappa shape index (κ2) is 8.16. The highest BCUT2D eigenvalue weighted by Crippen LogP contribution is 2.37. The molecule has 0 unspecified atom stereocenters.